The molecule has 4 nitrogen and oxygen atoms in total. The van der Waals surface area contributed by atoms with Gasteiger partial charge in [0.1, 0.15) is 11.9 Å². The second kappa shape index (κ2) is 6.31. The molecule has 2 rings (SSSR count). The van der Waals surface area contributed by atoms with Crippen LogP contribution >= 0.6 is 23.2 Å². The number of hydrogen-bond acceptors (Lipinski definition) is 2. The molecule has 1 unspecified atom stereocenters. The van der Waals surface area contributed by atoms with Crippen molar-refractivity contribution in [3.8, 4) is 0 Å². The molecular weight excluding hydrogens is 321 g/mol. The van der Waals surface area contributed by atoms with Crippen LogP contribution in [-0.2, 0) is 11.8 Å². The summed E-state index contributed by atoms with van der Waals surface area (Å²) in [5, 5.41) is 3.96. The standard InChI is InChI=1S/C16H19Cl2N3O/c1-16(2,3)15(22)20-13(14-19-7-8-21(14)4)10-5-6-11(17)12(18)9-10/h5-9,13H,1-4H3,(H,20,22). The van der Waals surface area contributed by atoms with Crippen molar-refractivity contribution < 1.29 is 4.79 Å². The van der Waals surface area contributed by atoms with Crippen LogP contribution < -0.4 is 5.32 Å². The molecule has 0 aliphatic heterocycles. The van der Waals surface area contributed by atoms with Gasteiger partial charge in [0.25, 0.3) is 0 Å². The van der Waals surface area contributed by atoms with Gasteiger partial charge in [-0.1, -0.05) is 50.0 Å². The fourth-order valence-corrected chi connectivity index (χ4v) is 2.30. The van der Waals surface area contributed by atoms with Gasteiger partial charge in [0, 0.05) is 24.9 Å². The van der Waals surface area contributed by atoms with Crippen LogP contribution in [0.5, 0.6) is 0 Å². The summed E-state index contributed by atoms with van der Waals surface area (Å²) >= 11 is 12.1. The number of rotatable bonds is 3. The van der Waals surface area contributed by atoms with Crippen LogP contribution in [0.15, 0.2) is 30.6 Å². The third-order valence-corrected chi connectivity index (χ3v) is 4.09. The Hall–Kier alpha value is -1.52. The number of halogens is 2. The lowest BCUT2D eigenvalue weighted by molar-refractivity contribution is -0.129. The van der Waals surface area contributed by atoms with Gasteiger partial charge in [-0.25, -0.2) is 4.98 Å². The maximum absolute atomic E-state index is 12.4. The predicted molar refractivity (Wildman–Crippen MR) is 89.1 cm³/mol. The van der Waals surface area contributed by atoms with Gasteiger partial charge in [-0.15, -0.1) is 0 Å². The van der Waals surface area contributed by atoms with Gasteiger partial charge in [0.15, 0.2) is 0 Å². The fourth-order valence-electron chi connectivity index (χ4n) is 1.99. The minimum absolute atomic E-state index is 0.0634. The zero-order valence-electron chi connectivity index (χ0n) is 13.0. The average Bonchev–Trinajstić information content (AvgIpc) is 2.84. The second-order valence-corrected chi connectivity index (χ2v) is 7.04. The van der Waals surface area contributed by atoms with Crippen LogP contribution in [-0.4, -0.2) is 15.5 Å². The molecular formula is C16H19Cl2N3O. The molecule has 0 aliphatic rings. The summed E-state index contributed by atoms with van der Waals surface area (Å²) in [5.74, 6) is 0.669. The summed E-state index contributed by atoms with van der Waals surface area (Å²) in [6, 6.07) is 4.93. The molecule has 0 aliphatic carbocycles. The lowest BCUT2D eigenvalue weighted by atomic mass is 9.94. The molecule has 1 N–H and O–H groups in total. The Balaban J connectivity index is 2.44. The SMILES string of the molecule is Cn1ccnc1C(NC(=O)C(C)(C)C)c1ccc(Cl)c(Cl)c1. The van der Waals surface area contributed by atoms with E-state index in [0.717, 1.165) is 11.4 Å². The molecule has 1 atom stereocenters. The first-order valence-corrected chi connectivity index (χ1v) is 7.69. The normalized spacial score (nSPS) is 13.0. The molecule has 0 radical (unpaired) electrons. The molecule has 0 fully saturated rings. The number of aryl methyl sites for hydroxylation is 1. The molecule has 1 amide bonds. The number of aromatic nitrogens is 2. The van der Waals surface area contributed by atoms with Crippen molar-refractivity contribution in [2.45, 2.75) is 26.8 Å². The van der Waals surface area contributed by atoms with Crippen molar-refractivity contribution in [3.63, 3.8) is 0 Å². The number of carbonyl (C=O) groups excluding carboxylic acids is 1. The van der Waals surface area contributed by atoms with Gasteiger partial charge in [0.05, 0.1) is 10.0 Å². The van der Waals surface area contributed by atoms with Crippen molar-refractivity contribution in [1.82, 2.24) is 14.9 Å². The van der Waals surface area contributed by atoms with E-state index < -0.39 is 5.41 Å². The second-order valence-electron chi connectivity index (χ2n) is 6.23. The highest BCUT2D eigenvalue weighted by Crippen LogP contribution is 2.29. The molecule has 6 heteroatoms. The van der Waals surface area contributed by atoms with Gasteiger partial charge >= 0.3 is 0 Å². The molecule has 1 aromatic heterocycles. The number of carbonyl (C=O) groups is 1. The maximum atomic E-state index is 12.4. The molecule has 0 saturated carbocycles. The van der Waals surface area contributed by atoms with Gasteiger partial charge in [0.2, 0.25) is 5.91 Å². The monoisotopic (exact) mass is 339 g/mol. The number of nitrogens with zero attached hydrogens (tertiary/aromatic N) is 2. The van der Waals surface area contributed by atoms with Crippen molar-refractivity contribution in [3.05, 3.63) is 52.0 Å². The smallest absolute Gasteiger partial charge is 0.226 e. The van der Waals surface area contributed by atoms with Gasteiger partial charge < -0.3 is 9.88 Å². The molecule has 0 saturated heterocycles. The van der Waals surface area contributed by atoms with Crippen molar-refractivity contribution >= 4 is 29.1 Å². The molecule has 22 heavy (non-hydrogen) atoms. The van der Waals surface area contributed by atoms with E-state index >= 15 is 0 Å². The molecule has 2 aromatic rings. The number of imidazole rings is 1. The van der Waals surface area contributed by atoms with E-state index in [9.17, 15) is 4.79 Å². The minimum Gasteiger partial charge on any atom is -0.342 e. The maximum Gasteiger partial charge on any atom is 0.226 e. The lowest BCUT2D eigenvalue weighted by Gasteiger charge is -2.24. The Morgan fingerprint density at radius 3 is 2.45 bits per heavy atom. The van der Waals surface area contributed by atoms with E-state index in [0.29, 0.717) is 10.0 Å². The first-order valence-electron chi connectivity index (χ1n) is 6.93. The summed E-state index contributed by atoms with van der Waals surface area (Å²) in [6.45, 7) is 5.60. The summed E-state index contributed by atoms with van der Waals surface area (Å²) in [5.41, 5.74) is 0.334. The van der Waals surface area contributed by atoms with E-state index in [1.165, 1.54) is 0 Å². The van der Waals surface area contributed by atoms with Crippen LogP contribution in [0, 0.1) is 5.41 Å². The largest absolute Gasteiger partial charge is 0.342 e. The highest BCUT2D eigenvalue weighted by atomic mass is 35.5. The summed E-state index contributed by atoms with van der Waals surface area (Å²) in [4.78, 5) is 16.8. The third kappa shape index (κ3) is 3.62. The number of benzene rings is 1. The van der Waals surface area contributed by atoms with E-state index in [1.54, 1.807) is 18.3 Å². The Morgan fingerprint density at radius 1 is 1.27 bits per heavy atom. The minimum atomic E-state index is -0.500. The number of nitrogens with one attached hydrogen (secondary N) is 1. The zero-order valence-corrected chi connectivity index (χ0v) is 14.5. The summed E-state index contributed by atoms with van der Waals surface area (Å²) < 4.78 is 1.87. The van der Waals surface area contributed by atoms with Crippen LogP contribution in [0.25, 0.3) is 0 Å². The van der Waals surface area contributed by atoms with E-state index in [1.807, 2.05) is 44.6 Å². The third-order valence-electron chi connectivity index (χ3n) is 3.35. The van der Waals surface area contributed by atoms with Crippen molar-refractivity contribution in [1.29, 1.82) is 0 Å². The first-order chi connectivity index (χ1) is 10.2. The van der Waals surface area contributed by atoms with E-state index in [-0.39, 0.29) is 11.9 Å². The van der Waals surface area contributed by atoms with Crippen LogP contribution in [0.4, 0.5) is 0 Å². The van der Waals surface area contributed by atoms with E-state index in [4.69, 9.17) is 23.2 Å². The van der Waals surface area contributed by atoms with Crippen molar-refractivity contribution in [2.75, 3.05) is 0 Å². The Morgan fingerprint density at radius 2 is 1.95 bits per heavy atom. The molecule has 1 heterocycles. The van der Waals surface area contributed by atoms with E-state index in [2.05, 4.69) is 10.3 Å². The van der Waals surface area contributed by atoms with Crippen LogP contribution in [0.1, 0.15) is 38.2 Å². The van der Waals surface area contributed by atoms with Gasteiger partial charge in [-0.3, -0.25) is 4.79 Å². The van der Waals surface area contributed by atoms with Crippen LogP contribution in [0.3, 0.4) is 0 Å². The predicted octanol–water partition coefficient (Wildman–Crippen LogP) is 3.98. The Labute approximate surface area is 140 Å². The molecule has 0 bridgehead atoms. The lowest BCUT2D eigenvalue weighted by Crippen LogP contribution is -2.38. The topological polar surface area (TPSA) is 46.9 Å². The number of amides is 1. The molecule has 1 aromatic carbocycles. The van der Waals surface area contributed by atoms with Crippen LogP contribution in [0.2, 0.25) is 10.0 Å². The van der Waals surface area contributed by atoms with Gasteiger partial charge in [-0.05, 0) is 17.7 Å². The highest BCUT2D eigenvalue weighted by molar-refractivity contribution is 6.42. The number of hydrogen-bond donors (Lipinski definition) is 1. The summed E-state index contributed by atoms with van der Waals surface area (Å²) in [6.07, 6.45) is 3.53. The molecule has 0 spiro atoms. The Bertz CT molecular complexity index is 689. The first kappa shape index (κ1) is 16.8. The average molecular weight is 340 g/mol. The Kier molecular flexibility index (Phi) is 4.83. The quantitative estimate of drug-likeness (QED) is 0.919. The fraction of sp³-hybridized carbons (Fsp3) is 0.375. The van der Waals surface area contributed by atoms with Gasteiger partial charge in [-0.2, -0.15) is 0 Å². The molecule has 118 valence electrons. The zero-order chi connectivity index (χ0) is 16.5. The van der Waals surface area contributed by atoms with Crippen molar-refractivity contribution in [2.24, 2.45) is 12.5 Å². The summed E-state index contributed by atoms with van der Waals surface area (Å²) in [7, 11) is 1.89. The highest BCUT2D eigenvalue weighted by Gasteiger charge is 2.27.